The van der Waals surface area contributed by atoms with Crippen LogP contribution in [0.2, 0.25) is 0 Å². The molecule has 0 heterocycles. The van der Waals surface area contributed by atoms with Gasteiger partial charge in [0.25, 0.3) is 0 Å². The third-order valence-electron chi connectivity index (χ3n) is 5.83. The molecular formula is C25H23NO3. The van der Waals surface area contributed by atoms with Crippen molar-refractivity contribution in [3.63, 3.8) is 0 Å². The maximum Gasteiger partial charge on any atom is 0.336 e. The highest BCUT2D eigenvalue weighted by Gasteiger charge is 2.58. The van der Waals surface area contributed by atoms with E-state index in [4.69, 9.17) is 10.5 Å². The van der Waals surface area contributed by atoms with Crippen molar-refractivity contribution in [2.24, 2.45) is 11.1 Å². The topological polar surface area (TPSA) is 69.4 Å². The van der Waals surface area contributed by atoms with Gasteiger partial charge in [-0.3, -0.25) is 4.79 Å². The SMILES string of the molecule is C=CCC12C(=O)c3ccccc3C1=CC(N)=C(C(=O)OCC)C2c1ccccc1. The van der Waals surface area contributed by atoms with Gasteiger partial charge in [0, 0.05) is 17.2 Å². The van der Waals surface area contributed by atoms with Crippen LogP contribution in [0.5, 0.6) is 0 Å². The van der Waals surface area contributed by atoms with Crippen LogP contribution < -0.4 is 5.73 Å². The molecular weight excluding hydrogens is 362 g/mol. The van der Waals surface area contributed by atoms with Gasteiger partial charge in [0.15, 0.2) is 5.78 Å². The van der Waals surface area contributed by atoms with Crippen molar-refractivity contribution in [3.05, 3.63) is 101 Å². The van der Waals surface area contributed by atoms with E-state index in [1.807, 2.05) is 54.6 Å². The van der Waals surface area contributed by atoms with Gasteiger partial charge in [-0.25, -0.2) is 4.79 Å². The van der Waals surface area contributed by atoms with Crippen molar-refractivity contribution < 1.29 is 14.3 Å². The van der Waals surface area contributed by atoms with Gasteiger partial charge in [-0.15, -0.1) is 6.58 Å². The molecule has 2 N–H and O–H groups in total. The van der Waals surface area contributed by atoms with E-state index < -0.39 is 17.3 Å². The molecule has 0 fully saturated rings. The number of ketones is 1. The summed E-state index contributed by atoms with van der Waals surface area (Å²) < 4.78 is 5.34. The van der Waals surface area contributed by atoms with Crippen molar-refractivity contribution in [2.45, 2.75) is 19.3 Å². The van der Waals surface area contributed by atoms with E-state index in [1.165, 1.54) is 0 Å². The molecule has 0 spiro atoms. The molecule has 0 amide bonds. The molecule has 2 aromatic carbocycles. The third kappa shape index (κ3) is 2.67. The van der Waals surface area contributed by atoms with Gasteiger partial charge in [0.2, 0.25) is 0 Å². The molecule has 0 saturated carbocycles. The van der Waals surface area contributed by atoms with Crippen LogP contribution in [0.4, 0.5) is 0 Å². The molecule has 2 aliphatic carbocycles. The fourth-order valence-electron chi connectivity index (χ4n) is 4.75. The monoisotopic (exact) mass is 385 g/mol. The number of fused-ring (bicyclic) bond motifs is 3. The van der Waals surface area contributed by atoms with Gasteiger partial charge < -0.3 is 10.5 Å². The first kappa shape index (κ1) is 18.9. The molecule has 2 aromatic rings. The minimum absolute atomic E-state index is 0.0117. The number of esters is 1. The van der Waals surface area contributed by atoms with Gasteiger partial charge >= 0.3 is 5.97 Å². The van der Waals surface area contributed by atoms with Crippen LogP contribution in [0.15, 0.2) is 84.6 Å². The number of hydrogen-bond acceptors (Lipinski definition) is 4. The highest BCUT2D eigenvalue weighted by molar-refractivity contribution is 6.20. The maximum absolute atomic E-state index is 13.9. The smallest absolute Gasteiger partial charge is 0.336 e. The van der Waals surface area contributed by atoms with E-state index in [0.29, 0.717) is 23.3 Å². The second-order valence-electron chi connectivity index (χ2n) is 7.33. The van der Waals surface area contributed by atoms with Crippen LogP contribution in [0, 0.1) is 5.41 Å². The second-order valence-corrected chi connectivity index (χ2v) is 7.33. The molecule has 0 radical (unpaired) electrons. The molecule has 2 aliphatic rings. The molecule has 0 aliphatic heterocycles. The first-order valence-corrected chi connectivity index (χ1v) is 9.75. The summed E-state index contributed by atoms with van der Waals surface area (Å²) in [5.41, 5.74) is 9.34. The fourth-order valence-corrected chi connectivity index (χ4v) is 4.75. The summed E-state index contributed by atoms with van der Waals surface area (Å²) in [4.78, 5) is 26.8. The lowest BCUT2D eigenvalue weighted by molar-refractivity contribution is -0.139. The Kier molecular flexibility index (Phi) is 4.71. The molecule has 4 heteroatoms. The number of ether oxygens (including phenoxy) is 1. The zero-order valence-corrected chi connectivity index (χ0v) is 16.4. The summed E-state index contributed by atoms with van der Waals surface area (Å²) in [5.74, 6) is -1.05. The van der Waals surface area contributed by atoms with Crippen LogP contribution in [0.25, 0.3) is 5.57 Å². The van der Waals surface area contributed by atoms with Crippen molar-refractivity contribution in [1.82, 2.24) is 0 Å². The molecule has 4 rings (SSSR count). The Morgan fingerprint density at radius 2 is 1.79 bits per heavy atom. The first-order chi connectivity index (χ1) is 14.1. The normalized spacial score (nSPS) is 22.6. The van der Waals surface area contributed by atoms with Crippen molar-refractivity contribution in [1.29, 1.82) is 0 Å². The molecule has 4 nitrogen and oxygen atoms in total. The lowest BCUT2D eigenvalue weighted by Gasteiger charge is -2.41. The number of Topliss-reactive ketones (excluding diaryl/α,β-unsaturated/α-hetero) is 1. The van der Waals surface area contributed by atoms with Gasteiger partial charge in [-0.1, -0.05) is 60.7 Å². The Morgan fingerprint density at radius 3 is 2.45 bits per heavy atom. The summed E-state index contributed by atoms with van der Waals surface area (Å²) in [6.07, 6.45) is 3.92. The lowest BCUT2D eigenvalue weighted by Crippen LogP contribution is -2.40. The van der Waals surface area contributed by atoms with Gasteiger partial charge in [0.1, 0.15) is 0 Å². The molecule has 0 aromatic heterocycles. The fraction of sp³-hybridized carbons (Fsp3) is 0.200. The summed E-state index contributed by atoms with van der Waals surface area (Å²) in [6, 6.07) is 17.1. The number of hydrogen-bond donors (Lipinski definition) is 1. The molecule has 0 saturated heterocycles. The van der Waals surface area contributed by atoms with Crippen LogP contribution in [0.3, 0.4) is 0 Å². The Balaban J connectivity index is 2.06. The van der Waals surface area contributed by atoms with Crippen molar-refractivity contribution in [3.8, 4) is 0 Å². The summed E-state index contributed by atoms with van der Waals surface area (Å²) in [5, 5.41) is 0. The van der Waals surface area contributed by atoms with Crippen LogP contribution in [0.1, 0.15) is 40.7 Å². The van der Waals surface area contributed by atoms with Crippen LogP contribution >= 0.6 is 0 Å². The van der Waals surface area contributed by atoms with E-state index in [9.17, 15) is 9.59 Å². The minimum atomic E-state index is -0.974. The Bertz CT molecular complexity index is 1060. The number of benzene rings is 2. The van der Waals surface area contributed by atoms with Gasteiger partial charge in [-0.2, -0.15) is 0 Å². The molecule has 2 unspecified atom stereocenters. The Labute approximate surface area is 170 Å². The quantitative estimate of drug-likeness (QED) is 0.612. The summed E-state index contributed by atoms with van der Waals surface area (Å²) in [7, 11) is 0. The molecule has 146 valence electrons. The minimum Gasteiger partial charge on any atom is -0.463 e. The lowest BCUT2D eigenvalue weighted by atomic mass is 9.59. The maximum atomic E-state index is 13.9. The number of carbonyl (C=O) groups is 2. The Hall–Kier alpha value is -3.40. The number of rotatable bonds is 5. The predicted molar refractivity (Wildman–Crippen MR) is 113 cm³/mol. The zero-order chi connectivity index (χ0) is 20.6. The number of allylic oxidation sites excluding steroid dienone is 3. The van der Waals surface area contributed by atoms with E-state index in [1.54, 1.807) is 19.1 Å². The third-order valence-corrected chi connectivity index (χ3v) is 5.83. The molecule has 2 atom stereocenters. The number of carbonyl (C=O) groups excluding carboxylic acids is 2. The van der Waals surface area contributed by atoms with E-state index in [-0.39, 0.29) is 12.4 Å². The predicted octanol–water partition coefficient (Wildman–Crippen LogP) is 4.40. The number of nitrogens with two attached hydrogens (primary N) is 1. The van der Waals surface area contributed by atoms with E-state index in [2.05, 4.69) is 6.58 Å². The Morgan fingerprint density at radius 1 is 1.14 bits per heavy atom. The van der Waals surface area contributed by atoms with Gasteiger partial charge in [0.05, 0.1) is 17.6 Å². The molecule has 0 bridgehead atoms. The largest absolute Gasteiger partial charge is 0.463 e. The second kappa shape index (κ2) is 7.21. The van der Waals surface area contributed by atoms with Crippen LogP contribution in [-0.4, -0.2) is 18.4 Å². The zero-order valence-electron chi connectivity index (χ0n) is 16.4. The molecule has 29 heavy (non-hydrogen) atoms. The first-order valence-electron chi connectivity index (χ1n) is 9.75. The summed E-state index contributed by atoms with van der Waals surface area (Å²) in [6.45, 7) is 5.91. The average Bonchev–Trinajstić information content (AvgIpc) is 2.97. The van der Waals surface area contributed by atoms with Gasteiger partial charge in [-0.05, 0) is 36.1 Å². The highest BCUT2D eigenvalue weighted by atomic mass is 16.5. The van der Waals surface area contributed by atoms with Crippen LogP contribution in [-0.2, 0) is 9.53 Å². The van der Waals surface area contributed by atoms with E-state index in [0.717, 1.165) is 16.7 Å². The average molecular weight is 385 g/mol. The summed E-state index contributed by atoms with van der Waals surface area (Å²) >= 11 is 0. The standard InChI is InChI=1S/C25H23NO3/c1-3-14-25-19(17-12-8-9-13-18(17)23(25)27)15-20(26)21(24(28)29-4-2)22(25)16-10-6-5-7-11-16/h3,5-13,15,22H,1,4,14,26H2,2H3. The highest BCUT2D eigenvalue weighted by Crippen LogP contribution is 2.61. The van der Waals surface area contributed by atoms with Crippen molar-refractivity contribution in [2.75, 3.05) is 6.61 Å². The van der Waals surface area contributed by atoms with Crippen molar-refractivity contribution >= 4 is 17.3 Å². The van der Waals surface area contributed by atoms with E-state index >= 15 is 0 Å².